The predicted molar refractivity (Wildman–Crippen MR) is 72.5 cm³/mol. The van der Waals surface area contributed by atoms with Gasteiger partial charge in [0.1, 0.15) is 5.52 Å². The minimum absolute atomic E-state index is 0.00346. The lowest BCUT2D eigenvalue weighted by atomic mass is 10.1. The van der Waals surface area contributed by atoms with Gasteiger partial charge < -0.3 is 14.8 Å². The van der Waals surface area contributed by atoms with E-state index in [0.29, 0.717) is 29.6 Å². The van der Waals surface area contributed by atoms with Crippen LogP contribution in [-0.2, 0) is 0 Å². The molecule has 0 saturated heterocycles. The molecule has 0 spiro atoms. The van der Waals surface area contributed by atoms with Crippen LogP contribution in [0.1, 0.15) is 19.3 Å². The Labute approximate surface area is 114 Å². The van der Waals surface area contributed by atoms with Crippen LogP contribution < -0.4 is 5.32 Å². The van der Waals surface area contributed by atoms with Crippen LogP contribution in [-0.4, -0.2) is 27.7 Å². The van der Waals surface area contributed by atoms with Crippen LogP contribution in [0.2, 0.25) is 0 Å². The number of fused-ring (bicyclic) bond motifs is 1. The molecule has 2 aromatic rings. The lowest BCUT2D eigenvalue weighted by Gasteiger charge is -2.08. The van der Waals surface area contributed by atoms with E-state index in [1.165, 1.54) is 12.1 Å². The molecular formula is C13H15N3O4. The van der Waals surface area contributed by atoms with Gasteiger partial charge in [-0.2, -0.15) is 4.98 Å². The molecule has 1 aliphatic rings. The molecule has 2 N–H and O–H groups in total. The smallest absolute Gasteiger partial charge is 0.295 e. The summed E-state index contributed by atoms with van der Waals surface area (Å²) in [5, 5.41) is 23.2. The number of aromatic nitrogens is 1. The number of aliphatic hydroxyl groups is 1. The second-order valence-electron chi connectivity index (χ2n) is 5.14. The Bertz CT molecular complexity index is 640. The molecule has 1 heterocycles. The van der Waals surface area contributed by atoms with Gasteiger partial charge in [-0.3, -0.25) is 10.1 Å². The number of anilines is 1. The highest BCUT2D eigenvalue weighted by Gasteiger charge is 2.23. The zero-order valence-corrected chi connectivity index (χ0v) is 10.8. The average molecular weight is 277 g/mol. The molecular weight excluding hydrogens is 262 g/mol. The Kier molecular flexibility index (Phi) is 3.27. The highest BCUT2D eigenvalue weighted by molar-refractivity contribution is 5.77. The molecule has 7 heteroatoms. The van der Waals surface area contributed by atoms with Crippen molar-refractivity contribution in [1.82, 2.24) is 4.98 Å². The van der Waals surface area contributed by atoms with Gasteiger partial charge in [0.05, 0.1) is 11.0 Å². The second-order valence-corrected chi connectivity index (χ2v) is 5.14. The van der Waals surface area contributed by atoms with Gasteiger partial charge in [-0.15, -0.1) is 0 Å². The number of nitrogens with one attached hydrogen (secondary N) is 1. The summed E-state index contributed by atoms with van der Waals surface area (Å²) in [4.78, 5) is 14.4. The third-order valence-corrected chi connectivity index (χ3v) is 3.64. The Morgan fingerprint density at radius 1 is 1.50 bits per heavy atom. The van der Waals surface area contributed by atoms with Crippen molar-refractivity contribution in [1.29, 1.82) is 0 Å². The Hall–Kier alpha value is -2.15. The maximum atomic E-state index is 10.7. The number of nitrogens with zero attached hydrogens (tertiary/aromatic N) is 2. The molecule has 2 atom stereocenters. The maximum Gasteiger partial charge on any atom is 0.295 e. The van der Waals surface area contributed by atoms with E-state index in [-0.39, 0.29) is 11.8 Å². The van der Waals surface area contributed by atoms with Crippen molar-refractivity contribution in [2.75, 3.05) is 11.9 Å². The van der Waals surface area contributed by atoms with E-state index in [1.54, 1.807) is 6.07 Å². The molecule has 2 unspecified atom stereocenters. The molecule has 106 valence electrons. The van der Waals surface area contributed by atoms with E-state index >= 15 is 0 Å². The quantitative estimate of drug-likeness (QED) is 0.656. The van der Waals surface area contributed by atoms with Crippen molar-refractivity contribution in [2.45, 2.75) is 25.4 Å². The van der Waals surface area contributed by atoms with Crippen molar-refractivity contribution in [3.63, 3.8) is 0 Å². The summed E-state index contributed by atoms with van der Waals surface area (Å²) < 4.78 is 5.48. The Balaban J connectivity index is 1.71. The van der Waals surface area contributed by atoms with E-state index in [9.17, 15) is 15.2 Å². The number of hydrogen-bond donors (Lipinski definition) is 2. The first-order chi connectivity index (χ1) is 9.61. The summed E-state index contributed by atoms with van der Waals surface area (Å²) in [6.07, 6.45) is 2.41. The topological polar surface area (TPSA) is 101 Å². The van der Waals surface area contributed by atoms with Gasteiger partial charge in [0.25, 0.3) is 11.7 Å². The van der Waals surface area contributed by atoms with E-state index in [0.717, 1.165) is 19.3 Å². The number of hydrogen-bond acceptors (Lipinski definition) is 6. The molecule has 1 aromatic heterocycles. The van der Waals surface area contributed by atoms with Crippen molar-refractivity contribution in [2.24, 2.45) is 5.92 Å². The summed E-state index contributed by atoms with van der Waals surface area (Å²) in [5.74, 6) is 0.411. The molecule has 0 bridgehead atoms. The maximum absolute atomic E-state index is 10.7. The van der Waals surface area contributed by atoms with Gasteiger partial charge in [0.15, 0.2) is 5.58 Å². The number of rotatable bonds is 4. The monoisotopic (exact) mass is 277 g/mol. The van der Waals surface area contributed by atoms with Crippen LogP contribution in [0.3, 0.4) is 0 Å². The molecule has 0 radical (unpaired) electrons. The van der Waals surface area contributed by atoms with Crippen LogP contribution in [0.5, 0.6) is 0 Å². The van der Waals surface area contributed by atoms with E-state index in [1.807, 2.05) is 0 Å². The van der Waals surface area contributed by atoms with Gasteiger partial charge in [-0.1, -0.05) is 0 Å². The van der Waals surface area contributed by atoms with Gasteiger partial charge in [-0.05, 0) is 31.2 Å². The highest BCUT2D eigenvalue weighted by atomic mass is 16.6. The van der Waals surface area contributed by atoms with E-state index in [4.69, 9.17) is 4.42 Å². The second kappa shape index (κ2) is 5.09. The molecule has 1 aliphatic carbocycles. The lowest BCUT2D eigenvalue weighted by molar-refractivity contribution is -0.384. The van der Waals surface area contributed by atoms with E-state index in [2.05, 4.69) is 10.3 Å². The fourth-order valence-corrected chi connectivity index (χ4v) is 2.57. The van der Waals surface area contributed by atoms with Gasteiger partial charge in [0, 0.05) is 18.7 Å². The van der Waals surface area contributed by atoms with Gasteiger partial charge in [-0.25, -0.2) is 0 Å². The summed E-state index contributed by atoms with van der Waals surface area (Å²) in [6, 6.07) is 4.70. The molecule has 1 aromatic carbocycles. The minimum Gasteiger partial charge on any atom is -0.424 e. The Morgan fingerprint density at radius 2 is 2.35 bits per heavy atom. The van der Waals surface area contributed by atoms with E-state index < -0.39 is 4.92 Å². The number of benzene rings is 1. The molecule has 1 fully saturated rings. The fourth-order valence-electron chi connectivity index (χ4n) is 2.57. The third kappa shape index (κ3) is 2.57. The molecule has 3 rings (SSSR count). The van der Waals surface area contributed by atoms with Crippen molar-refractivity contribution in [3.8, 4) is 0 Å². The number of non-ortho nitro benzene ring substituents is 1. The van der Waals surface area contributed by atoms with Crippen LogP contribution in [0.4, 0.5) is 11.7 Å². The zero-order chi connectivity index (χ0) is 14.1. The summed E-state index contributed by atoms with van der Waals surface area (Å²) in [5.41, 5.74) is 0.981. The summed E-state index contributed by atoms with van der Waals surface area (Å²) >= 11 is 0. The summed E-state index contributed by atoms with van der Waals surface area (Å²) in [7, 11) is 0. The summed E-state index contributed by atoms with van der Waals surface area (Å²) in [6.45, 7) is 0.686. The molecule has 0 amide bonds. The first-order valence-electron chi connectivity index (χ1n) is 6.59. The molecule has 7 nitrogen and oxygen atoms in total. The minimum atomic E-state index is -0.457. The van der Waals surface area contributed by atoms with Crippen LogP contribution >= 0.6 is 0 Å². The SMILES string of the molecule is O=[N+]([O-])c1ccc2oc(NCC3CCC(O)C3)nc2c1. The van der Waals surface area contributed by atoms with Crippen LogP contribution in [0.15, 0.2) is 22.6 Å². The van der Waals surface area contributed by atoms with Crippen molar-refractivity contribution >= 4 is 22.8 Å². The number of nitro benzene ring substituents is 1. The predicted octanol–water partition coefficient (Wildman–Crippen LogP) is 2.31. The average Bonchev–Trinajstić information content (AvgIpc) is 3.00. The first kappa shape index (κ1) is 12.9. The zero-order valence-electron chi connectivity index (χ0n) is 10.8. The number of nitro groups is 1. The Morgan fingerprint density at radius 3 is 3.05 bits per heavy atom. The van der Waals surface area contributed by atoms with Crippen LogP contribution in [0, 0.1) is 16.0 Å². The molecule has 0 aliphatic heterocycles. The first-order valence-corrected chi connectivity index (χ1v) is 6.59. The molecule has 20 heavy (non-hydrogen) atoms. The largest absolute Gasteiger partial charge is 0.424 e. The highest BCUT2D eigenvalue weighted by Crippen LogP contribution is 2.27. The van der Waals surface area contributed by atoms with Crippen LogP contribution in [0.25, 0.3) is 11.1 Å². The number of oxazole rings is 1. The van der Waals surface area contributed by atoms with Gasteiger partial charge >= 0.3 is 0 Å². The van der Waals surface area contributed by atoms with Crippen molar-refractivity contribution in [3.05, 3.63) is 28.3 Å². The fraction of sp³-hybridized carbons (Fsp3) is 0.462. The third-order valence-electron chi connectivity index (χ3n) is 3.64. The van der Waals surface area contributed by atoms with Crippen molar-refractivity contribution < 1.29 is 14.4 Å². The van der Waals surface area contributed by atoms with Gasteiger partial charge in [0.2, 0.25) is 0 Å². The number of aliphatic hydroxyl groups excluding tert-OH is 1. The lowest BCUT2D eigenvalue weighted by Crippen LogP contribution is -2.12. The standard InChI is InChI=1S/C13H15N3O4/c17-10-3-1-8(5-10)7-14-13-15-11-6-9(16(18)19)2-4-12(11)20-13/h2,4,6,8,10,17H,1,3,5,7H2,(H,14,15). The molecule has 1 saturated carbocycles. The normalized spacial score (nSPS) is 22.2.